The Labute approximate surface area is 220 Å². The van der Waals surface area contributed by atoms with Crippen molar-refractivity contribution in [3.05, 3.63) is 11.8 Å². The zero-order valence-electron chi connectivity index (χ0n) is 23.4. The molecule has 36 heavy (non-hydrogen) atoms. The van der Waals surface area contributed by atoms with Crippen LogP contribution in [-0.2, 0) is 14.3 Å². The van der Waals surface area contributed by atoms with Crippen molar-refractivity contribution in [1.82, 2.24) is 4.90 Å². The first kappa shape index (κ1) is 32.5. The third-order valence-corrected chi connectivity index (χ3v) is 7.25. The van der Waals surface area contributed by atoms with E-state index in [1.165, 1.54) is 139 Å². The minimum atomic E-state index is -1.14. The zero-order valence-corrected chi connectivity index (χ0v) is 23.4. The van der Waals surface area contributed by atoms with Crippen LogP contribution in [0.2, 0.25) is 0 Å². The van der Waals surface area contributed by atoms with E-state index in [-0.39, 0.29) is 24.7 Å². The third-order valence-electron chi connectivity index (χ3n) is 7.25. The van der Waals surface area contributed by atoms with Crippen molar-refractivity contribution >= 4 is 11.9 Å². The van der Waals surface area contributed by atoms with Crippen molar-refractivity contribution in [2.75, 3.05) is 6.61 Å². The minimum absolute atomic E-state index is 0.149. The number of aliphatic carboxylic acids is 1. The summed E-state index contributed by atoms with van der Waals surface area (Å²) < 4.78 is 5.17. The van der Waals surface area contributed by atoms with Crippen LogP contribution in [0.15, 0.2) is 11.8 Å². The molecule has 0 unspecified atom stereocenters. The van der Waals surface area contributed by atoms with Gasteiger partial charge in [-0.1, -0.05) is 142 Å². The van der Waals surface area contributed by atoms with E-state index in [1.807, 2.05) is 0 Å². The van der Waals surface area contributed by atoms with Crippen LogP contribution in [0, 0.1) is 0 Å². The number of fused-ring (bicyclic) bond motifs is 1. The Morgan fingerprint density at radius 2 is 1.14 bits per heavy atom. The smallest absolute Gasteiger partial charge is 0.334 e. The molecular formula is C30H55NO5. The Morgan fingerprint density at radius 1 is 0.778 bits per heavy atom. The summed E-state index contributed by atoms with van der Waals surface area (Å²) in [6.45, 7) is 4.30. The number of hydrogen-bond donors (Lipinski definition) is 2. The summed E-state index contributed by atoms with van der Waals surface area (Å²) in [4.78, 5) is 23.1. The molecule has 1 amide bonds. The highest BCUT2D eigenvalue weighted by Gasteiger charge is 2.53. The van der Waals surface area contributed by atoms with Crippen molar-refractivity contribution in [2.45, 2.75) is 161 Å². The maximum Gasteiger partial charge on any atom is 0.334 e. The number of carboxylic acids is 1. The van der Waals surface area contributed by atoms with E-state index in [4.69, 9.17) is 14.9 Å². The molecule has 2 N–H and O–H groups in total. The van der Waals surface area contributed by atoms with E-state index in [9.17, 15) is 9.59 Å². The second-order valence-electron chi connectivity index (χ2n) is 10.5. The van der Waals surface area contributed by atoms with Gasteiger partial charge in [0.1, 0.15) is 5.76 Å². The molecule has 210 valence electrons. The van der Waals surface area contributed by atoms with Gasteiger partial charge in [0.25, 0.3) is 0 Å². The van der Waals surface area contributed by atoms with E-state index in [2.05, 4.69) is 13.8 Å². The van der Waals surface area contributed by atoms with Crippen LogP contribution < -0.4 is 0 Å². The van der Waals surface area contributed by atoms with E-state index >= 15 is 0 Å². The number of carbonyl (C=O) groups excluding carboxylic acids is 1. The molecule has 0 aromatic carbocycles. The van der Waals surface area contributed by atoms with Crippen molar-refractivity contribution in [1.29, 1.82) is 0 Å². The summed E-state index contributed by atoms with van der Waals surface area (Å²) in [5.74, 6) is -1.22. The summed E-state index contributed by atoms with van der Waals surface area (Å²) in [5, 5.41) is 17.5. The average molecular weight is 510 g/mol. The fourth-order valence-electron chi connectivity index (χ4n) is 4.99. The molecule has 6 heteroatoms. The maximum atomic E-state index is 11.1. The zero-order chi connectivity index (χ0) is 26.4. The predicted molar refractivity (Wildman–Crippen MR) is 147 cm³/mol. The van der Waals surface area contributed by atoms with Crippen molar-refractivity contribution in [3.8, 4) is 0 Å². The van der Waals surface area contributed by atoms with Gasteiger partial charge in [-0.3, -0.25) is 9.69 Å². The molecule has 2 atom stereocenters. The fourth-order valence-corrected chi connectivity index (χ4v) is 4.99. The number of rotatable bonds is 21. The molecular weight excluding hydrogens is 454 g/mol. The topological polar surface area (TPSA) is 87.1 Å². The Balaban J connectivity index is 0.000000393. The summed E-state index contributed by atoms with van der Waals surface area (Å²) in [5.41, 5.74) is 0. The molecule has 2 fully saturated rings. The van der Waals surface area contributed by atoms with Gasteiger partial charge in [0.2, 0.25) is 5.91 Å². The second-order valence-corrected chi connectivity index (χ2v) is 10.5. The number of unbranched alkanes of at least 4 members (excludes halogenated alkanes) is 19. The summed E-state index contributed by atoms with van der Waals surface area (Å²) in [6.07, 6.45) is 30.4. The highest BCUT2D eigenvalue weighted by molar-refractivity contribution is 5.91. The van der Waals surface area contributed by atoms with Gasteiger partial charge in [-0.15, -0.1) is 0 Å². The van der Waals surface area contributed by atoms with Crippen LogP contribution in [0.25, 0.3) is 0 Å². The summed E-state index contributed by atoms with van der Waals surface area (Å²) in [6, 6.07) is -1.06. The molecule has 0 aliphatic carbocycles. The molecule has 2 aliphatic rings. The minimum Gasteiger partial charge on any atom is -0.479 e. The summed E-state index contributed by atoms with van der Waals surface area (Å²) >= 11 is 0. The average Bonchev–Trinajstić information content (AvgIpc) is 3.16. The van der Waals surface area contributed by atoms with Crippen LogP contribution in [-0.4, -0.2) is 45.9 Å². The largest absolute Gasteiger partial charge is 0.479 e. The Morgan fingerprint density at radius 3 is 1.42 bits per heavy atom. The predicted octanol–water partition coefficient (Wildman–Crippen LogP) is 7.73. The molecule has 2 aliphatic heterocycles. The van der Waals surface area contributed by atoms with Gasteiger partial charge in [0.15, 0.2) is 12.3 Å². The third kappa shape index (κ3) is 13.7. The first-order chi connectivity index (χ1) is 17.6. The Bertz CT molecular complexity index is 586. The van der Waals surface area contributed by atoms with E-state index in [0.717, 1.165) is 0 Å². The van der Waals surface area contributed by atoms with Crippen molar-refractivity contribution in [2.24, 2.45) is 0 Å². The van der Waals surface area contributed by atoms with Crippen LogP contribution >= 0.6 is 0 Å². The highest BCUT2D eigenvalue weighted by Crippen LogP contribution is 2.36. The van der Waals surface area contributed by atoms with Crippen LogP contribution in [0.1, 0.15) is 149 Å². The number of β-lactam (4-membered cyclic amide) rings is 1. The molecule has 2 rings (SSSR count). The SMILES string of the molecule is CCCCCCCCCCCCCCCCCCCCCC.O=C(O)[C@H]1/C(=C/CO)O[C@@H]2CC(=O)N21. The first-order valence-corrected chi connectivity index (χ1v) is 15.1. The van der Waals surface area contributed by atoms with Crippen LogP contribution in [0.4, 0.5) is 0 Å². The van der Waals surface area contributed by atoms with Gasteiger partial charge in [0, 0.05) is 0 Å². The first-order valence-electron chi connectivity index (χ1n) is 15.1. The fraction of sp³-hybridized carbons (Fsp3) is 0.867. The molecule has 0 saturated carbocycles. The quantitative estimate of drug-likeness (QED) is 0.122. The molecule has 0 aromatic heterocycles. The summed E-state index contributed by atoms with van der Waals surface area (Å²) in [7, 11) is 0. The van der Waals surface area contributed by atoms with Crippen molar-refractivity contribution in [3.63, 3.8) is 0 Å². The molecule has 0 radical (unpaired) electrons. The number of aliphatic hydroxyl groups is 1. The Kier molecular flexibility index (Phi) is 19.4. The molecule has 2 heterocycles. The van der Waals surface area contributed by atoms with Crippen molar-refractivity contribution < 1.29 is 24.5 Å². The lowest BCUT2D eigenvalue weighted by molar-refractivity contribution is -0.163. The monoisotopic (exact) mass is 509 g/mol. The lowest BCUT2D eigenvalue weighted by Gasteiger charge is -2.33. The van der Waals surface area contributed by atoms with Gasteiger partial charge in [-0.05, 0) is 6.08 Å². The highest BCUT2D eigenvalue weighted by atomic mass is 16.5. The van der Waals surface area contributed by atoms with Crippen LogP contribution in [0.5, 0.6) is 0 Å². The molecule has 6 nitrogen and oxygen atoms in total. The van der Waals surface area contributed by atoms with E-state index < -0.39 is 18.2 Å². The van der Waals surface area contributed by atoms with Crippen LogP contribution in [0.3, 0.4) is 0 Å². The standard InChI is InChI=1S/C22H46.C8H9NO5/c1-3-5-7-9-11-13-15-17-19-21-22-20-18-16-14-12-10-8-6-4-2;10-2-1-4-7(8(12)13)9-5(11)3-6(9)14-4/h3-22H2,1-2H3;1,6-7,10H,2-3H2,(H,12,13)/b;4-1-/t;6-,7-/m.1/s1. The van der Waals surface area contributed by atoms with E-state index in [0.29, 0.717) is 0 Å². The number of carboxylic acid groups (broad SMARTS) is 1. The van der Waals surface area contributed by atoms with Gasteiger partial charge in [0.05, 0.1) is 13.0 Å². The number of amides is 1. The number of nitrogens with zero attached hydrogens (tertiary/aromatic N) is 1. The van der Waals surface area contributed by atoms with Gasteiger partial charge < -0.3 is 14.9 Å². The molecule has 2 saturated heterocycles. The number of hydrogen-bond acceptors (Lipinski definition) is 4. The lowest BCUT2D eigenvalue weighted by Crippen LogP contribution is -2.54. The normalized spacial score (nSPS) is 19.5. The van der Waals surface area contributed by atoms with Gasteiger partial charge in [-0.2, -0.15) is 0 Å². The molecule has 0 aromatic rings. The maximum absolute atomic E-state index is 11.1. The molecule has 0 bridgehead atoms. The number of aliphatic hydroxyl groups excluding tert-OH is 1. The van der Waals surface area contributed by atoms with E-state index in [1.54, 1.807) is 0 Å². The number of carbonyl (C=O) groups is 2. The molecule has 0 spiro atoms. The van der Waals surface area contributed by atoms with Gasteiger partial charge in [-0.25, -0.2) is 4.79 Å². The lowest BCUT2D eigenvalue weighted by atomic mass is 10.0. The second kappa shape index (κ2) is 21.5. The number of ether oxygens (including phenoxy) is 1. The van der Waals surface area contributed by atoms with Gasteiger partial charge >= 0.3 is 5.97 Å². The Hall–Kier alpha value is -1.56.